The van der Waals surface area contributed by atoms with Gasteiger partial charge in [0.2, 0.25) is 5.91 Å². The number of nitrogens with zero attached hydrogens (tertiary/aromatic N) is 6. The molecule has 1 amide bonds. The maximum Gasteiger partial charge on any atom is 0.238 e. The summed E-state index contributed by atoms with van der Waals surface area (Å²) in [5, 5.41) is 11.4. The Morgan fingerprint density at radius 3 is 2.39 bits per heavy atom. The van der Waals surface area contributed by atoms with Crippen molar-refractivity contribution in [2.75, 3.05) is 42.9 Å². The molecule has 1 fully saturated rings. The number of carbonyl (C=O) groups is 1. The number of hydrogen-bond acceptors (Lipinski definition) is 7. The van der Waals surface area contributed by atoms with Gasteiger partial charge in [-0.2, -0.15) is 10.2 Å². The molecule has 0 atom stereocenters. The van der Waals surface area contributed by atoms with Gasteiger partial charge in [0.05, 0.1) is 29.8 Å². The van der Waals surface area contributed by atoms with Gasteiger partial charge in [-0.3, -0.25) is 9.69 Å². The molecule has 3 aliphatic rings. The maximum atomic E-state index is 12.5. The first-order valence-electron chi connectivity index (χ1n) is 10.9. The minimum atomic E-state index is -0.0304. The zero-order valence-corrected chi connectivity index (χ0v) is 18.1. The highest BCUT2D eigenvalue weighted by Crippen LogP contribution is 2.28. The fourth-order valence-corrected chi connectivity index (χ4v) is 3.85. The average Bonchev–Trinajstić information content (AvgIpc) is 3.34. The summed E-state index contributed by atoms with van der Waals surface area (Å²) < 4.78 is 0. The van der Waals surface area contributed by atoms with E-state index >= 15 is 0 Å². The van der Waals surface area contributed by atoms with Crippen molar-refractivity contribution in [1.29, 1.82) is 0 Å². The quantitative estimate of drug-likeness (QED) is 0.440. The number of aromatic nitrogens is 3. The molecular formula is C24H24N8O. The molecule has 0 bridgehead atoms. The van der Waals surface area contributed by atoms with Gasteiger partial charge >= 0.3 is 0 Å². The molecule has 3 heterocycles. The van der Waals surface area contributed by atoms with Gasteiger partial charge < -0.3 is 15.2 Å². The van der Waals surface area contributed by atoms with Crippen molar-refractivity contribution in [2.24, 2.45) is 10.2 Å². The molecule has 166 valence electrons. The van der Waals surface area contributed by atoms with Gasteiger partial charge in [-0.05, 0) is 42.5 Å². The van der Waals surface area contributed by atoms with E-state index in [4.69, 9.17) is 0 Å². The number of piperazine rings is 1. The summed E-state index contributed by atoms with van der Waals surface area (Å²) in [4.78, 5) is 28.8. The van der Waals surface area contributed by atoms with E-state index < -0.39 is 0 Å². The van der Waals surface area contributed by atoms with Crippen LogP contribution < -0.4 is 10.2 Å². The normalized spacial score (nSPS) is 14.7. The van der Waals surface area contributed by atoms with Crippen LogP contribution in [0, 0.1) is 0 Å². The van der Waals surface area contributed by atoms with E-state index in [2.05, 4.69) is 40.3 Å². The van der Waals surface area contributed by atoms with Crippen molar-refractivity contribution in [3.8, 4) is 11.4 Å². The van der Waals surface area contributed by atoms with E-state index in [9.17, 15) is 4.79 Å². The topological polar surface area (TPSA) is 102 Å². The molecule has 0 aromatic heterocycles. The third-order valence-corrected chi connectivity index (χ3v) is 5.56. The second kappa shape index (κ2) is 9.58. The lowest BCUT2D eigenvalue weighted by Crippen LogP contribution is -2.49. The van der Waals surface area contributed by atoms with Crippen LogP contribution in [0.1, 0.15) is 0 Å². The fraction of sp³-hybridized carbons (Fsp3) is 0.208. The summed E-state index contributed by atoms with van der Waals surface area (Å²) in [6.07, 6.45) is 3.46. The molecule has 0 unspecified atom stereocenters. The number of benzene rings is 2. The van der Waals surface area contributed by atoms with E-state index in [1.54, 1.807) is 12.5 Å². The molecule has 0 radical (unpaired) electrons. The second-order valence-electron chi connectivity index (χ2n) is 7.83. The smallest absolute Gasteiger partial charge is 0.238 e. The minimum absolute atomic E-state index is 0.0304. The number of nitrogens with one attached hydrogen (secondary N) is 2. The maximum absolute atomic E-state index is 12.5. The molecule has 33 heavy (non-hydrogen) atoms. The van der Waals surface area contributed by atoms with Crippen LogP contribution in [0.4, 0.5) is 22.9 Å². The third kappa shape index (κ3) is 5.04. The summed E-state index contributed by atoms with van der Waals surface area (Å²) in [5.41, 5.74) is 3.30. The Bertz CT molecular complexity index is 1200. The van der Waals surface area contributed by atoms with Gasteiger partial charge in [0.15, 0.2) is 0 Å². The zero-order valence-electron chi connectivity index (χ0n) is 18.1. The van der Waals surface area contributed by atoms with Crippen molar-refractivity contribution in [1.82, 2.24) is 19.9 Å². The van der Waals surface area contributed by atoms with Crippen LogP contribution in [0.3, 0.4) is 0 Å². The predicted molar refractivity (Wildman–Crippen MR) is 127 cm³/mol. The summed E-state index contributed by atoms with van der Waals surface area (Å²) in [5.74, 6) is 1.75. The Morgan fingerprint density at radius 2 is 1.64 bits per heavy atom. The average molecular weight is 441 g/mol. The number of H-pyrrole nitrogens is 1. The molecule has 1 saturated heterocycles. The van der Waals surface area contributed by atoms with Gasteiger partial charge in [-0.1, -0.05) is 18.2 Å². The van der Waals surface area contributed by atoms with Crippen molar-refractivity contribution < 1.29 is 4.79 Å². The van der Waals surface area contributed by atoms with Crippen LogP contribution in [0.5, 0.6) is 0 Å². The molecule has 5 rings (SSSR count). The van der Waals surface area contributed by atoms with Gasteiger partial charge in [0.1, 0.15) is 11.6 Å². The molecule has 3 aliphatic heterocycles. The zero-order chi connectivity index (χ0) is 22.5. The number of aromatic amines is 1. The van der Waals surface area contributed by atoms with E-state index in [1.165, 1.54) is 0 Å². The number of carbonyl (C=O) groups excluding carboxylic acids is 1. The highest BCUT2D eigenvalue weighted by Gasteiger charge is 2.23. The Balaban J connectivity index is 1.11. The van der Waals surface area contributed by atoms with Crippen molar-refractivity contribution in [3.05, 3.63) is 73.2 Å². The lowest BCUT2D eigenvalue weighted by atomic mass is 10.2. The van der Waals surface area contributed by atoms with Crippen molar-refractivity contribution in [2.45, 2.75) is 0 Å². The van der Waals surface area contributed by atoms with E-state index in [1.807, 2.05) is 60.7 Å². The number of rotatable bonds is 6. The number of azo groups is 1. The Kier molecular flexibility index (Phi) is 6.03. The molecule has 2 N–H and O–H groups in total. The van der Waals surface area contributed by atoms with Gasteiger partial charge in [0, 0.05) is 38.1 Å². The first kappa shape index (κ1) is 20.8. The highest BCUT2D eigenvalue weighted by atomic mass is 16.2. The van der Waals surface area contributed by atoms with Gasteiger partial charge in [-0.15, -0.1) is 0 Å². The lowest BCUT2D eigenvalue weighted by molar-refractivity contribution is -0.117. The first-order valence-corrected chi connectivity index (χ1v) is 10.9. The van der Waals surface area contributed by atoms with E-state index in [-0.39, 0.29) is 5.91 Å². The molecule has 9 heteroatoms. The van der Waals surface area contributed by atoms with Crippen LogP contribution in [0.25, 0.3) is 11.4 Å². The van der Waals surface area contributed by atoms with Crippen LogP contribution in [-0.2, 0) is 4.79 Å². The van der Waals surface area contributed by atoms with Crippen LogP contribution in [0.15, 0.2) is 83.4 Å². The molecule has 2 aromatic rings. The minimum Gasteiger partial charge on any atom is -0.353 e. The third-order valence-electron chi connectivity index (χ3n) is 5.56. The number of anilines is 2. The summed E-state index contributed by atoms with van der Waals surface area (Å²) in [6.45, 7) is 3.56. The van der Waals surface area contributed by atoms with E-state index in [0.29, 0.717) is 6.54 Å². The standard InChI is InChI=1S/C24H24N8O/c33-22(28-18-6-8-20(9-7-18)30-29-19-4-2-1-3-5-19)16-31-12-14-32(15-13-31)24-21-10-11-25-23(21)26-17-27-24/h1-11,17H,12-16H2,(H,28,33)(H,25,26,27). The summed E-state index contributed by atoms with van der Waals surface area (Å²) in [7, 11) is 0. The SMILES string of the molecule is O=C(CN1CCN(c2nc[nH]c3nccc2-3)CC1)Nc1ccc(N=Nc2ccccc2)cc1. The van der Waals surface area contributed by atoms with Crippen LogP contribution in [-0.4, -0.2) is 58.5 Å². The van der Waals surface area contributed by atoms with Crippen LogP contribution in [0.2, 0.25) is 0 Å². The fourth-order valence-electron chi connectivity index (χ4n) is 3.85. The number of amides is 1. The number of hydrogen-bond donors (Lipinski definition) is 2. The monoisotopic (exact) mass is 440 g/mol. The number of fused-ring (bicyclic) bond motifs is 1. The van der Waals surface area contributed by atoms with Gasteiger partial charge in [0.25, 0.3) is 0 Å². The van der Waals surface area contributed by atoms with Crippen molar-refractivity contribution >= 4 is 28.8 Å². The van der Waals surface area contributed by atoms with E-state index in [0.717, 1.165) is 60.4 Å². The second-order valence-corrected chi connectivity index (χ2v) is 7.83. The van der Waals surface area contributed by atoms with Gasteiger partial charge in [-0.25, -0.2) is 9.97 Å². The molecule has 2 aromatic carbocycles. The molecular weight excluding hydrogens is 416 g/mol. The molecule has 0 aliphatic carbocycles. The molecule has 0 spiro atoms. The Labute approximate surface area is 191 Å². The Hall–Kier alpha value is -4.11. The predicted octanol–water partition coefficient (Wildman–Crippen LogP) is 4.09. The largest absolute Gasteiger partial charge is 0.353 e. The lowest BCUT2D eigenvalue weighted by Gasteiger charge is -2.35. The highest BCUT2D eigenvalue weighted by molar-refractivity contribution is 5.92. The van der Waals surface area contributed by atoms with Crippen LogP contribution >= 0.6 is 0 Å². The molecule has 9 nitrogen and oxygen atoms in total. The van der Waals surface area contributed by atoms with Crippen molar-refractivity contribution in [3.63, 3.8) is 0 Å². The first-order chi connectivity index (χ1) is 16.2. The summed E-state index contributed by atoms with van der Waals surface area (Å²) >= 11 is 0. The summed E-state index contributed by atoms with van der Waals surface area (Å²) in [6, 6.07) is 18.9. The molecule has 0 saturated carbocycles. The Morgan fingerprint density at radius 1 is 0.909 bits per heavy atom.